The van der Waals surface area contributed by atoms with Gasteiger partial charge in [0, 0.05) is 18.0 Å². The molecule has 2 rings (SSSR count). The van der Waals surface area contributed by atoms with Gasteiger partial charge in [0.1, 0.15) is 6.54 Å². The predicted molar refractivity (Wildman–Crippen MR) is 76.1 cm³/mol. The number of nitrogens with zero attached hydrogens (tertiary/aromatic N) is 1. The average Bonchev–Trinajstić information content (AvgIpc) is 2.59. The van der Waals surface area contributed by atoms with Gasteiger partial charge < -0.3 is 20.7 Å². The van der Waals surface area contributed by atoms with Gasteiger partial charge in [-0.05, 0) is 18.9 Å². The van der Waals surface area contributed by atoms with Crippen LogP contribution in [0.1, 0.15) is 32.1 Å². The van der Waals surface area contributed by atoms with Crippen molar-refractivity contribution in [3.63, 3.8) is 0 Å². The fourth-order valence-corrected chi connectivity index (χ4v) is 2.54. The lowest BCUT2D eigenvalue weighted by atomic mass is 10.1. The molecule has 1 heterocycles. The van der Waals surface area contributed by atoms with Gasteiger partial charge in [0.2, 0.25) is 5.91 Å². The summed E-state index contributed by atoms with van der Waals surface area (Å²) in [7, 11) is 0. The predicted octanol–water partition coefficient (Wildman–Crippen LogP) is 0.240. The smallest absolute Gasteiger partial charge is 0.251 e. The molecule has 0 radical (unpaired) electrons. The van der Waals surface area contributed by atoms with Gasteiger partial charge in [-0.2, -0.15) is 0 Å². The summed E-state index contributed by atoms with van der Waals surface area (Å²) in [5.41, 5.74) is 5.77. The number of amides is 1. The van der Waals surface area contributed by atoms with Crippen molar-refractivity contribution in [3.05, 3.63) is 28.7 Å². The van der Waals surface area contributed by atoms with E-state index in [4.69, 9.17) is 5.73 Å². The van der Waals surface area contributed by atoms with Gasteiger partial charge in [-0.3, -0.25) is 9.59 Å². The minimum Gasteiger partial charge on any atom is -0.398 e. The van der Waals surface area contributed by atoms with Crippen molar-refractivity contribution >= 4 is 11.6 Å². The van der Waals surface area contributed by atoms with E-state index >= 15 is 0 Å². The summed E-state index contributed by atoms with van der Waals surface area (Å²) in [6.07, 6.45) is 5.51. The summed E-state index contributed by atoms with van der Waals surface area (Å²) >= 11 is 0. The lowest BCUT2D eigenvalue weighted by Crippen LogP contribution is -2.44. The minimum absolute atomic E-state index is 0.0763. The maximum absolute atomic E-state index is 12.0. The minimum atomic E-state index is -0.501. The highest BCUT2D eigenvalue weighted by Gasteiger charge is 2.23. The zero-order chi connectivity index (χ0) is 14.5. The third-order valence-corrected chi connectivity index (χ3v) is 3.65. The Balaban J connectivity index is 1.97. The monoisotopic (exact) mass is 279 g/mol. The molecule has 1 aromatic heterocycles. The third kappa shape index (κ3) is 3.84. The number of nitrogens with one attached hydrogen (secondary N) is 1. The Morgan fingerprint density at radius 3 is 2.90 bits per heavy atom. The van der Waals surface area contributed by atoms with E-state index in [1.807, 2.05) is 0 Å². The molecule has 1 amide bonds. The molecule has 1 aliphatic rings. The number of pyridine rings is 1. The van der Waals surface area contributed by atoms with E-state index in [0.717, 1.165) is 25.7 Å². The first-order chi connectivity index (χ1) is 9.56. The molecule has 1 fully saturated rings. The summed E-state index contributed by atoms with van der Waals surface area (Å²) in [6, 6.07) is 2.62. The van der Waals surface area contributed by atoms with E-state index in [9.17, 15) is 14.7 Å². The molecular formula is C14H21N3O3. The van der Waals surface area contributed by atoms with Crippen LogP contribution in [0.15, 0.2) is 23.1 Å². The fraction of sp³-hybridized carbons (Fsp3) is 0.571. The van der Waals surface area contributed by atoms with E-state index in [1.54, 1.807) is 0 Å². The first-order valence-electron chi connectivity index (χ1n) is 6.99. The quantitative estimate of drug-likeness (QED) is 0.690. The van der Waals surface area contributed by atoms with E-state index < -0.39 is 6.10 Å². The Labute approximate surface area is 117 Å². The van der Waals surface area contributed by atoms with Crippen LogP contribution in [0.2, 0.25) is 0 Å². The molecule has 20 heavy (non-hydrogen) atoms. The standard InChI is InChI=1S/C14H21N3O3/c15-10-6-7-14(20)17(8-10)9-13(19)16-11-4-2-1-3-5-12(11)18/h6-8,11-12,18H,1-5,9,15H2,(H,16,19). The van der Waals surface area contributed by atoms with Gasteiger partial charge in [-0.25, -0.2) is 0 Å². The second-order valence-corrected chi connectivity index (χ2v) is 5.31. The van der Waals surface area contributed by atoms with Crippen LogP contribution in [0.5, 0.6) is 0 Å². The van der Waals surface area contributed by atoms with Crippen LogP contribution in [0.4, 0.5) is 5.69 Å². The van der Waals surface area contributed by atoms with E-state index in [0.29, 0.717) is 12.1 Å². The number of anilines is 1. The number of carbonyl (C=O) groups excluding carboxylic acids is 1. The molecule has 0 aliphatic heterocycles. The third-order valence-electron chi connectivity index (χ3n) is 3.65. The zero-order valence-corrected chi connectivity index (χ0v) is 11.4. The highest BCUT2D eigenvalue weighted by Crippen LogP contribution is 2.17. The summed E-state index contributed by atoms with van der Waals surface area (Å²) in [5.74, 6) is -0.274. The molecule has 0 aromatic carbocycles. The molecule has 0 bridgehead atoms. The molecule has 6 heteroatoms. The van der Waals surface area contributed by atoms with Gasteiger partial charge in [0.25, 0.3) is 5.56 Å². The van der Waals surface area contributed by atoms with Crippen LogP contribution in [-0.2, 0) is 11.3 Å². The largest absolute Gasteiger partial charge is 0.398 e. The number of aromatic nitrogens is 1. The SMILES string of the molecule is Nc1ccc(=O)n(CC(=O)NC2CCCCCC2O)c1. The van der Waals surface area contributed by atoms with Crippen LogP contribution >= 0.6 is 0 Å². The highest BCUT2D eigenvalue weighted by molar-refractivity contribution is 5.76. The Morgan fingerprint density at radius 1 is 1.35 bits per heavy atom. The lowest BCUT2D eigenvalue weighted by Gasteiger charge is -2.22. The van der Waals surface area contributed by atoms with Gasteiger partial charge in [0.05, 0.1) is 12.1 Å². The molecule has 0 saturated heterocycles. The van der Waals surface area contributed by atoms with Gasteiger partial charge in [0.15, 0.2) is 0 Å². The van der Waals surface area contributed by atoms with E-state index in [2.05, 4.69) is 5.32 Å². The summed E-state index contributed by atoms with van der Waals surface area (Å²) in [6.45, 7) is -0.0763. The average molecular weight is 279 g/mol. The first kappa shape index (κ1) is 14.6. The molecule has 1 saturated carbocycles. The maximum atomic E-state index is 12.0. The first-order valence-corrected chi connectivity index (χ1v) is 6.99. The molecular weight excluding hydrogens is 258 g/mol. The Hall–Kier alpha value is -1.82. The molecule has 2 unspecified atom stereocenters. The zero-order valence-electron chi connectivity index (χ0n) is 11.4. The second kappa shape index (κ2) is 6.56. The number of nitrogen functional groups attached to an aromatic ring is 1. The van der Waals surface area contributed by atoms with Crippen molar-refractivity contribution in [1.29, 1.82) is 0 Å². The Morgan fingerprint density at radius 2 is 2.10 bits per heavy atom. The molecule has 1 aromatic rings. The van der Waals surface area contributed by atoms with Gasteiger partial charge >= 0.3 is 0 Å². The van der Waals surface area contributed by atoms with Gasteiger partial charge in [-0.1, -0.05) is 19.3 Å². The number of aliphatic hydroxyl groups excluding tert-OH is 1. The summed E-state index contributed by atoms with van der Waals surface area (Å²) in [5, 5.41) is 12.8. The number of hydrogen-bond donors (Lipinski definition) is 3. The number of carbonyl (C=O) groups is 1. The summed E-state index contributed by atoms with van der Waals surface area (Å²) < 4.78 is 1.27. The van der Waals surface area contributed by atoms with Crippen LogP contribution in [0.25, 0.3) is 0 Å². The van der Waals surface area contributed by atoms with Crippen LogP contribution < -0.4 is 16.6 Å². The van der Waals surface area contributed by atoms with Crippen molar-refractivity contribution in [2.24, 2.45) is 0 Å². The summed E-state index contributed by atoms with van der Waals surface area (Å²) in [4.78, 5) is 23.6. The van der Waals surface area contributed by atoms with Crippen molar-refractivity contribution < 1.29 is 9.90 Å². The van der Waals surface area contributed by atoms with Crippen molar-refractivity contribution in [2.75, 3.05) is 5.73 Å². The number of nitrogens with two attached hydrogens (primary N) is 1. The lowest BCUT2D eigenvalue weighted by molar-refractivity contribution is -0.123. The Kier molecular flexibility index (Phi) is 4.79. The molecule has 6 nitrogen and oxygen atoms in total. The fourth-order valence-electron chi connectivity index (χ4n) is 2.54. The topological polar surface area (TPSA) is 97.4 Å². The van der Waals surface area contributed by atoms with Crippen molar-refractivity contribution in [3.8, 4) is 0 Å². The van der Waals surface area contributed by atoms with Crippen LogP contribution in [0.3, 0.4) is 0 Å². The number of hydrogen-bond acceptors (Lipinski definition) is 4. The van der Waals surface area contributed by atoms with Crippen LogP contribution in [-0.4, -0.2) is 27.7 Å². The second-order valence-electron chi connectivity index (χ2n) is 5.31. The maximum Gasteiger partial charge on any atom is 0.251 e. The Bertz CT molecular complexity index is 527. The van der Waals surface area contributed by atoms with Crippen molar-refractivity contribution in [2.45, 2.75) is 50.8 Å². The molecule has 1 aliphatic carbocycles. The molecule has 4 N–H and O–H groups in total. The van der Waals surface area contributed by atoms with Crippen molar-refractivity contribution in [1.82, 2.24) is 9.88 Å². The highest BCUT2D eigenvalue weighted by atomic mass is 16.3. The molecule has 0 spiro atoms. The van der Waals surface area contributed by atoms with E-state index in [1.165, 1.54) is 22.9 Å². The van der Waals surface area contributed by atoms with Crippen LogP contribution in [0, 0.1) is 0 Å². The number of aliphatic hydroxyl groups is 1. The molecule has 2 atom stereocenters. The molecule has 110 valence electrons. The number of rotatable bonds is 3. The van der Waals surface area contributed by atoms with E-state index in [-0.39, 0.29) is 24.1 Å². The van der Waals surface area contributed by atoms with Gasteiger partial charge in [-0.15, -0.1) is 0 Å². The normalized spacial score (nSPS) is 23.1.